The fraction of sp³-hybridized carbons (Fsp3) is 0.500. The SMILES string of the molecule is COc1c(C)cnc(Cn2ccc(CNC(C)C)n2)c1C. The first-order valence-electron chi connectivity index (χ1n) is 7.26. The molecule has 0 aliphatic heterocycles. The number of hydrogen-bond donors (Lipinski definition) is 1. The summed E-state index contributed by atoms with van der Waals surface area (Å²) in [7, 11) is 1.70. The summed E-state index contributed by atoms with van der Waals surface area (Å²) in [6.45, 7) is 9.75. The molecule has 2 rings (SSSR count). The molecule has 2 heterocycles. The minimum Gasteiger partial charge on any atom is -0.496 e. The lowest BCUT2D eigenvalue weighted by Gasteiger charge is -2.12. The third-order valence-electron chi connectivity index (χ3n) is 3.45. The minimum absolute atomic E-state index is 0.459. The molecule has 0 atom stereocenters. The van der Waals surface area contributed by atoms with Crippen molar-refractivity contribution >= 4 is 0 Å². The van der Waals surface area contributed by atoms with Crippen molar-refractivity contribution in [3.8, 4) is 5.75 Å². The molecule has 2 aromatic heterocycles. The summed E-state index contributed by atoms with van der Waals surface area (Å²) in [6.07, 6.45) is 3.84. The van der Waals surface area contributed by atoms with Crippen LogP contribution < -0.4 is 10.1 Å². The summed E-state index contributed by atoms with van der Waals surface area (Å²) in [6, 6.07) is 2.50. The normalized spacial score (nSPS) is 11.1. The molecule has 21 heavy (non-hydrogen) atoms. The van der Waals surface area contributed by atoms with Crippen LogP contribution in [-0.2, 0) is 13.1 Å². The van der Waals surface area contributed by atoms with Crippen LogP contribution in [0.5, 0.6) is 5.75 Å². The topological polar surface area (TPSA) is 52.0 Å². The van der Waals surface area contributed by atoms with Gasteiger partial charge in [-0.25, -0.2) is 0 Å². The van der Waals surface area contributed by atoms with Gasteiger partial charge in [0.05, 0.1) is 25.0 Å². The smallest absolute Gasteiger partial charge is 0.128 e. The van der Waals surface area contributed by atoms with Gasteiger partial charge in [-0.05, 0) is 19.9 Å². The van der Waals surface area contributed by atoms with Crippen molar-refractivity contribution < 1.29 is 4.74 Å². The summed E-state index contributed by atoms with van der Waals surface area (Å²) in [4.78, 5) is 4.51. The van der Waals surface area contributed by atoms with Gasteiger partial charge in [0.15, 0.2) is 0 Å². The van der Waals surface area contributed by atoms with Crippen LogP contribution >= 0.6 is 0 Å². The first-order valence-corrected chi connectivity index (χ1v) is 7.26. The number of ether oxygens (including phenoxy) is 1. The van der Waals surface area contributed by atoms with Crippen molar-refractivity contribution in [1.82, 2.24) is 20.1 Å². The number of nitrogens with one attached hydrogen (secondary N) is 1. The average molecular weight is 288 g/mol. The highest BCUT2D eigenvalue weighted by molar-refractivity contribution is 5.41. The van der Waals surface area contributed by atoms with E-state index in [1.807, 2.05) is 37.0 Å². The number of nitrogens with zero attached hydrogens (tertiary/aromatic N) is 3. The molecule has 5 nitrogen and oxygen atoms in total. The number of hydrogen-bond acceptors (Lipinski definition) is 4. The third-order valence-corrected chi connectivity index (χ3v) is 3.45. The predicted octanol–water partition coefficient (Wildman–Crippen LogP) is 2.45. The molecule has 0 saturated carbocycles. The highest BCUT2D eigenvalue weighted by Crippen LogP contribution is 2.24. The number of rotatable bonds is 6. The second-order valence-electron chi connectivity index (χ2n) is 5.59. The van der Waals surface area contributed by atoms with Gasteiger partial charge in [0.1, 0.15) is 5.75 Å². The van der Waals surface area contributed by atoms with Crippen LogP contribution in [0.25, 0.3) is 0 Å². The lowest BCUT2D eigenvalue weighted by Crippen LogP contribution is -2.22. The maximum absolute atomic E-state index is 5.44. The van der Waals surface area contributed by atoms with Gasteiger partial charge in [-0.3, -0.25) is 9.67 Å². The minimum atomic E-state index is 0.459. The molecular formula is C16H24N4O. The van der Waals surface area contributed by atoms with Gasteiger partial charge in [-0.15, -0.1) is 0 Å². The number of aromatic nitrogens is 3. The van der Waals surface area contributed by atoms with Gasteiger partial charge in [0, 0.05) is 36.1 Å². The monoisotopic (exact) mass is 288 g/mol. The van der Waals surface area contributed by atoms with Gasteiger partial charge < -0.3 is 10.1 Å². The summed E-state index contributed by atoms with van der Waals surface area (Å²) in [5, 5.41) is 7.93. The average Bonchev–Trinajstić information content (AvgIpc) is 2.88. The van der Waals surface area contributed by atoms with E-state index in [1.165, 1.54) is 0 Å². The maximum atomic E-state index is 5.44. The van der Waals surface area contributed by atoms with E-state index in [-0.39, 0.29) is 0 Å². The van der Waals surface area contributed by atoms with Crippen molar-refractivity contribution in [2.75, 3.05) is 7.11 Å². The van der Waals surface area contributed by atoms with E-state index in [2.05, 4.69) is 29.2 Å². The standard InChI is InChI=1S/C16H24N4O/c1-11(2)17-9-14-6-7-20(19-14)10-15-13(4)16(21-5)12(3)8-18-15/h6-8,11,17H,9-10H2,1-5H3. The Hall–Kier alpha value is -1.88. The Morgan fingerprint density at radius 2 is 2.10 bits per heavy atom. The van der Waals surface area contributed by atoms with Gasteiger partial charge in [-0.2, -0.15) is 5.10 Å². The lowest BCUT2D eigenvalue weighted by atomic mass is 10.1. The number of methoxy groups -OCH3 is 1. The molecule has 0 fully saturated rings. The first kappa shape index (κ1) is 15.5. The summed E-state index contributed by atoms with van der Waals surface area (Å²) in [5.74, 6) is 0.911. The summed E-state index contributed by atoms with van der Waals surface area (Å²) >= 11 is 0. The van der Waals surface area contributed by atoms with E-state index in [4.69, 9.17) is 4.74 Å². The Morgan fingerprint density at radius 3 is 2.76 bits per heavy atom. The van der Waals surface area contributed by atoms with Crippen LogP contribution in [-0.4, -0.2) is 27.9 Å². The van der Waals surface area contributed by atoms with Crippen LogP contribution in [0.4, 0.5) is 0 Å². The van der Waals surface area contributed by atoms with Crippen molar-refractivity contribution in [2.24, 2.45) is 0 Å². The fourth-order valence-electron chi connectivity index (χ4n) is 2.28. The number of aryl methyl sites for hydroxylation is 1. The Bertz CT molecular complexity index is 604. The molecule has 0 spiro atoms. The van der Waals surface area contributed by atoms with Gasteiger partial charge in [-0.1, -0.05) is 13.8 Å². The van der Waals surface area contributed by atoms with Gasteiger partial charge in [0.2, 0.25) is 0 Å². The van der Waals surface area contributed by atoms with E-state index in [0.29, 0.717) is 12.6 Å². The summed E-state index contributed by atoms with van der Waals surface area (Å²) < 4.78 is 7.36. The second-order valence-corrected chi connectivity index (χ2v) is 5.59. The molecule has 0 bridgehead atoms. The van der Waals surface area contributed by atoms with E-state index in [0.717, 1.165) is 34.8 Å². The zero-order valence-electron chi connectivity index (χ0n) is 13.5. The largest absolute Gasteiger partial charge is 0.496 e. The third kappa shape index (κ3) is 3.82. The van der Waals surface area contributed by atoms with Crippen LogP contribution in [0, 0.1) is 13.8 Å². The Labute approximate surface area is 126 Å². The van der Waals surface area contributed by atoms with E-state index in [1.54, 1.807) is 7.11 Å². The molecule has 0 radical (unpaired) electrons. The molecule has 5 heteroatoms. The van der Waals surface area contributed by atoms with E-state index >= 15 is 0 Å². The van der Waals surface area contributed by atoms with Crippen molar-refractivity contribution in [1.29, 1.82) is 0 Å². The van der Waals surface area contributed by atoms with Gasteiger partial charge in [0.25, 0.3) is 0 Å². The molecule has 0 amide bonds. The quantitative estimate of drug-likeness (QED) is 0.887. The summed E-state index contributed by atoms with van der Waals surface area (Å²) in [5.41, 5.74) is 4.17. The van der Waals surface area contributed by atoms with Crippen molar-refractivity contribution in [3.63, 3.8) is 0 Å². The first-order chi connectivity index (χ1) is 10.0. The zero-order valence-corrected chi connectivity index (χ0v) is 13.5. The molecule has 0 unspecified atom stereocenters. The van der Waals surface area contributed by atoms with Gasteiger partial charge >= 0.3 is 0 Å². The molecule has 1 N–H and O–H groups in total. The molecule has 0 aliphatic carbocycles. The molecule has 0 saturated heterocycles. The molecule has 2 aromatic rings. The molecule has 114 valence electrons. The Morgan fingerprint density at radius 1 is 1.33 bits per heavy atom. The fourth-order valence-corrected chi connectivity index (χ4v) is 2.28. The van der Waals surface area contributed by atoms with Crippen molar-refractivity contribution in [3.05, 3.63) is 41.0 Å². The lowest BCUT2D eigenvalue weighted by molar-refractivity contribution is 0.406. The van der Waals surface area contributed by atoms with Crippen LogP contribution in [0.2, 0.25) is 0 Å². The predicted molar refractivity (Wildman–Crippen MR) is 83.6 cm³/mol. The Kier molecular flexibility index (Phi) is 4.96. The molecular weight excluding hydrogens is 264 g/mol. The maximum Gasteiger partial charge on any atom is 0.128 e. The van der Waals surface area contributed by atoms with Crippen LogP contribution in [0.3, 0.4) is 0 Å². The van der Waals surface area contributed by atoms with Crippen molar-refractivity contribution in [2.45, 2.75) is 46.8 Å². The molecule has 0 aliphatic rings. The van der Waals surface area contributed by atoms with Crippen LogP contribution in [0.1, 0.15) is 36.4 Å². The second kappa shape index (κ2) is 6.72. The number of pyridine rings is 1. The zero-order chi connectivity index (χ0) is 15.4. The highest BCUT2D eigenvalue weighted by atomic mass is 16.5. The Balaban J connectivity index is 2.12. The van der Waals surface area contributed by atoms with E-state index in [9.17, 15) is 0 Å². The van der Waals surface area contributed by atoms with E-state index < -0.39 is 0 Å². The molecule has 0 aromatic carbocycles. The van der Waals surface area contributed by atoms with Crippen LogP contribution in [0.15, 0.2) is 18.5 Å². The highest BCUT2D eigenvalue weighted by Gasteiger charge is 2.10.